The van der Waals surface area contributed by atoms with Crippen LogP contribution in [0.5, 0.6) is 0 Å². The molecule has 0 aromatic heterocycles. The first-order chi connectivity index (χ1) is 10.0. The Hall–Kier alpha value is -1.94. The molecule has 2 rings (SSSR count). The van der Waals surface area contributed by atoms with Crippen molar-refractivity contribution in [2.24, 2.45) is 0 Å². The van der Waals surface area contributed by atoms with Gasteiger partial charge in [0.15, 0.2) is 0 Å². The van der Waals surface area contributed by atoms with Gasteiger partial charge in [-0.2, -0.15) is 0 Å². The number of carbonyl (C=O) groups excluding carboxylic acids is 1. The molecule has 1 atom stereocenters. The number of carbonyl (C=O) groups is 1. The number of rotatable bonds is 4. The molecule has 0 heterocycles. The normalized spacial score (nSPS) is 12.3. The van der Waals surface area contributed by atoms with Gasteiger partial charge in [-0.15, -0.1) is 0 Å². The topological polar surface area (TPSA) is 29.1 Å². The fourth-order valence-corrected chi connectivity index (χ4v) is 2.14. The first-order valence-electron chi connectivity index (χ1n) is 6.54. The first-order valence-corrected chi connectivity index (χ1v) is 7.33. The van der Waals surface area contributed by atoms with E-state index in [1.165, 1.54) is 18.2 Å². The SMILES string of the molecule is C[C@H](NC(=O)/C=C/c1cccc(F)c1)c1ccc(Br)cc1. The van der Waals surface area contributed by atoms with Crippen molar-refractivity contribution in [1.82, 2.24) is 5.32 Å². The van der Waals surface area contributed by atoms with Crippen molar-refractivity contribution < 1.29 is 9.18 Å². The quantitative estimate of drug-likeness (QED) is 0.811. The van der Waals surface area contributed by atoms with E-state index in [9.17, 15) is 9.18 Å². The lowest BCUT2D eigenvalue weighted by atomic mass is 10.1. The van der Waals surface area contributed by atoms with E-state index in [4.69, 9.17) is 0 Å². The van der Waals surface area contributed by atoms with Crippen molar-refractivity contribution in [2.75, 3.05) is 0 Å². The van der Waals surface area contributed by atoms with Crippen LogP contribution in [0.4, 0.5) is 4.39 Å². The molecule has 0 aliphatic carbocycles. The second-order valence-electron chi connectivity index (χ2n) is 4.67. The van der Waals surface area contributed by atoms with Crippen LogP contribution in [-0.2, 0) is 4.79 Å². The predicted molar refractivity (Wildman–Crippen MR) is 86.1 cm³/mol. The van der Waals surface area contributed by atoms with Gasteiger partial charge in [-0.05, 0) is 48.4 Å². The Kier molecular flexibility index (Phi) is 5.28. The lowest BCUT2D eigenvalue weighted by Crippen LogP contribution is -2.24. The highest BCUT2D eigenvalue weighted by atomic mass is 79.9. The highest BCUT2D eigenvalue weighted by Gasteiger charge is 2.07. The fraction of sp³-hybridized carbons (Fsp3) is 0.118. The summed E-state index contributed by atoms with van der Waals surface area (Å²) in [7, 11) is 0. The summed E-state index contributed by atoms with van der Waals surface area (Å²) in [5.41, 5.74) is 1.67. The minimum absolute atomic E-state index is 0.0947. The van der Waals surface area contributed by atoms with E-state index in [1.54, 1.807) is 18.2 Å². The van der Waals surface area contributed by atoms with Crippen LogP contribution in [0.3, 0.4) is 0 Å². The van der Waals surface area contributed by atoms with Gasteiger partial charge in [0, 0.05) is 10.5 Å². The van der Waals surface area contributed by atoms with E-state index in [-0.39, 0.29) is 17.8 Å². The van der Waals surface area contributed by atoms with Gasteiger partial charge in [0.1, 0.15) is 5.82 Å². The van der Waals surface area contributed by atoms with Crippen LogP contribution in [0.2, 0.25) is 0 Å². The van der Waals surface area contributed by atoms with E-state index >= 15 is 0 Å². The van der Waals surface area contributed by atoms with Crippen LogP contribution >= 0.6 is 15.9 Å². The summed E-state index contributed by atoms with van der Waals surface area (Å²) < 4.78 is 14.0. The third-order valence-electron chi connectivity index (χ3n) is 3.00. The number of amides is 1. The molecular formula is C17H15BrFNO. The molecule has 2 nitrogen and oxygen atoms in total. The summed E-state index contributed by atoms with van der Waals surface area (Å²) in [6.45, 7) is 1.91. The first kappa shape index (κ1) is 15.4. The van der Waals surface area contributed by atoms with Crippen molar-refractivity contribution in [3.05, 3.63) is 76.0 Å². The number of benzene rings is 2. The predicted octanol–water partition coefficient (Wildman–Crippen LogP) is 4.48. The Morgan fingerprint density at radius 2 is 1.95 bits per heavy atom. The molecule has 108 valence electrons. The van der Waals surface area contributed by atoms with Gasteiger partial charge < -0.3 is 5.32 Å². The van der Waals surface area contributed by atoms with Crippen LogP contribution in [0.1, 0.15) is 24.1 Å². The molecule has 0 saturated carbocycles. The van der Waals surface area contributed by atoms with E-state index in [2.05, 4.69) is 21.2 Å². The molecule has 0 aliphatic rings. The zero-order valence-electron chi connectivity index (χ0n) is 11.5. The Morgan fingerprint density at radius 1 is 1.24 bits per heavy atom. The van der Waals surface area contributed by atoms with Crippen LogP contribution < -0.4 is 5.32 Å². The summed E-state index contributed by atoms with van der Waals surface area (Å²) >= 11 is 3.37. The Morgan fingerprint density at radius 3 is 2.62 bits per heavy atom. The molecule has 0 radical (unpaired) electrons. The minimum Gasteiger partial charge on any atom is -0.346 e. The highest BCUT2D eigenvalue weighted by molar-refractivity contribution is 9.10. The van der Waals surface area contributed by atoms with Crippen molar-refractivity contribution in [3.63, 3.8) is 0 Å². The Labute approximate surface area is 131 Å². The molecule has 0 spiro atoms. The lowest BCUT2D eigenvalue weighted by molar-refractivity contribution is -0.117. The summed E-state index contributed by atoms with van der Waals surface area (Å²) in [5, 5.41) is 2.87. The zero-order chi connectivity index (χ0) is 15.2. The molecular weight excluding hydrogens is 333 g/mol. The van der Waals surface area contributed by atoms with Crippen molar-refractivity contribution >= 4 is 27.9 Å². The summed E-state index contributed by atoms with van der Waals surface area (Å²) in [5.74, 6) is -0.532. The molecule has 2 aromatic carbocycles. The summed E-state index contributed by atoms with van der Waals surface area (Å²) in [6.07, 6.45) is 3.00. The summed E-state index contributed by atoms with van der Waals surface area (Å²) in [4.78, 5) is 11.9. The Bertz CT molecular complexity index is 652. The highest BCUT2D eigenvalue weighted by Crippen LogP contribution is 2.16. The average Bonchev–Trinajstić information content (AvgIpc) is 2.46. The second kappa shape index (κ2) is 7.18. The molecule has 0 bridgehead atoms. The maximum Gasteiger partial charge on any atom is 0.244 e. The smallest absolute Gasteiger partial charge is 0.244 e. The van der Waals surface area contributed by atoms with Gasteiger partial charge >= 0.3 is 0 Å². The number of nitrogens with one attached hydrogen (secondary N) is 1. The Balaban J connectivity index is 1.96. The van der Waals surface area contributed by atoms with Crippen molar-refractivity contribution in [3.8, 4) is 0 Å². The van der Waals surface area contributed by atoms with Gasteiger partial charge in [0.25, 0.3) is 0 Å². The zero-order valence-corrected chi connectivity index (χ0v) is 13.1. The van der Waals surface area contributed by atoms with E-state index < -0.39 is 0 Å². The maximum absolute atomic E-state index is 13.0. The number of halogens is 2. The van der Waals surface area contributed by atoms with Crippen LogP contribution in [0.25, 0.3) is 6.08 Å². The van der Waals surface area contributed by atoms with Crippen molar-refractivity contribution in [2.45, 2.75) is 13.0 Å². The third-order valence-corrected chi connectivity index (χ3v) is 3.53. The van der Waals surface area contributed by atoms with E-state index in [0.717, 1.165) is 10.0 Å². The third kappa shape index (κ3) is 4.83. The van der Waals surface area contributed by atoms with Crippen LogP contribution in [0.15, 0.2) is 59.1 Å². The molecule has 0 aliphatic heterocycles. The van der Waals surface area contributed by atoms with E-state index in [1.807, 2.05) is 31.2 Å². The molecule has 21 heavy (non-hydrogen) atoms. The average molecular weight is 348 g/mol. The maximum atomic E-state index is 13.0. The van der Waals surface area contributed by atoms with Gasteiger partial charge in [-0.3, -0.25) is 4.79 Å². The van der Waals surface area contributed by atoms with Gasteiger partial charge in [0.05, 0.1) is 6.04 Å². The molecule has 1 amide bonds. The summed E-state index contributed by atoms with van der Waals surface area (Å²) in [6, 6.07) is 13.8. The van der Waals surface area contributed by atoms with Crippen LogP contribution in [-0.4, -0.2) is 5.91 Å². The molecule has 1 N–H and O–H groups in total. The largest absolute Gasteiger partial charge is 0.346 e. The second-order valence-corrected chi connectivity index (χ2v) is 5.59. The van der Waals surface area contributed by atoms with Gasteiger partial charge in [-0.25, -0.2) is 4.39 Å². The lowest BCUT2D eigenvalue weighted by Gasteiger charge is -2.12. The van der Waals surface area contributed by atoms with Crippen molar-refractivity contribution in [1.29, 1.82) is 0 Å². The van der Waals surface area contributed by atoms with Gasteiger partial charge in [-0.1, -0.05) is 40.2 Å². The molecule has 2 aromatic rings. The van der Waals surface area contributed by atoms with Crippen LogP contribution in [0, 0.1) is 5.82 Å². The van der Waals surface area contributed by atoms with Gasteiger partial charge in [0.2, 0.25) is 5.91 Å². The standard InChI is InChI=1S/C17H15BrFNO/c1-12(14-6-8-15(18)9-7-14)20-17(21)10-5-13-3-2-4-16(19)11-13/h2-12H,1H3,(H,20,21)/b10-5+/t12-/m0/s1. The molecule has 0 unspecified atom stereocenters. The number of hydrogen-bond acceptors (Lipinski definition) is 1. The fourth-order valence-electron chi connectivity index (χ4n) is 1.88. The molecule has 0 fully saturated rings. The minimum atomic E-state index is -0.319. The molecule has 0 saturated heterocycles. The number of hydrogen-bond donors (Lipinski definition) is 1. The molecule has 4 heteroatoms. The van der Waals surface area contributed by atoms with E-state index in [0.29, 0.717) is 5.56 Å². The monoisotopic (exact) mass is 347 g/mol.